The molecule has 0 bridgehead atoms. The number of aromatic amines is 1. The number of rotatable bonds is 5. The number of nitrogens with one attached hydrogen (secondary N) is 2. The molecule has 0 aliphatic rings. The van der Waals surface area contributed by atoms with Crippen molar-refractivity contribution in [3.63, 3.8) is 0 Å². The summed E-state index contributed by atoms with van der Waals surface area (Å²) in [7, 11) is 0. The highest BCUT2D eigenvalue weighted by atomic mass is 16.5. The predicted octanol–water partition coefficient (Wildman–Crippen LogP) is 3.40. The van der Waals surface area contributed by atoms with Crippen LogP contribution >= 0.6 is 0 Å². The minimum atomic E-state index is -1.18. The molecule has 4 rings (SSSR count). The lowest BCUT2D eigenvalue weighted by molar-refractivity contribution is -0.125. The summed E-state index contributed by atoms with van der Waals surface area (Å²) in [5, 5.41) is 13.8. The van der Waals surface area contributed by atoms with E-state index in [1.807, 2.05) is 12.1 Å². The van der Waals surface area contributed by atoms with Crippen LogP contribution in [0.5, 0.6) is 0 Å². The van der Waals surface area contributed by atoms with E-state index in [9.17, 15) is 9.59 Å². The molecule has 4 aromatic rings. The summed E-state index contributed by atoms with van der Waals surface area (Å²) in [5.74, 6) is -0.471. The average Bonchev–Trinajstić information content (AvgIpc) is 3.32. The van der Waals surface area contributed by atoms with Crippen molar-refractivity contribution in [2.45, 2.75) is 13.0 Å². The number of amides is 1. The number of H-pyrrole nitrogens is 1. The molecule has 1 atom stereocenters. The van der Waals surface area contributed by atoms with Crippen molar-refractivity contribution >= 4 is 28.6 Å². The Bertz CT molecular complexity index is 1130. The molecule has 0 aliphatic heterocycles. The Balaban J connectivity index is 1.62. The third-order valence-corrected chi connectivity index (χ3v) is 4.11. The summed E-state index contributed by atoms with van der Waals surface area (Å²) in [4.78, 5) is 25.5. The normalized spacial score (nSPS) is 11.9. The Morgan fingerprint density at radius 2 is 1.86 bits per heavy atom. The van der Waals surface area contributed by atoms with Crippen LogP contribution in [-0.2, 0) is 9.53 Å². The summed E-state index contributed by atoms with van der Waals surface area (Å²) in [6, 6.07) is 17.5. The molecule has 8 heteroatoms. The molecule has 2 aromatic heterocycles. The van der Waals surface area contributed by atoms with Crippen molar-refractivity contribution in [3.05, 3.63) is 77.7 Å². The van der Waals surface area contributed by atoms with E-state index in [0.29, 0.717) is 22.2 Å². The van der Waals surface area contributed by atoms with E-state index < -0.39 is 18.0 Å². The smallest absolute Gasteiger partial charge is 0.360 e. The molecule has 0 spiro atoms. The number of benzene rings is 2. The lowest BCUT2D eigenvalue weighted by Gasteiger charge is -2.16. The zero-order valence-electron chi connectivity index (χ0n) is 14.9. The molecule has 2 heterocycles. The van der Waals surface area contributed by atoms with E-state index in [-0.39, 0.29) is 11.5 Å². The van der Waals surface area contributed by atoms with Gasteiger partial charge in [-0.2, -0.15) is 5.10 Å². The van der Waals surface area contributed by atoms with Crippen molar-refractivity contribution in [2.75, 3.05) is 5.32 Å². The van der Waals surface area contributed by atoms with Gasteiger partial charge in [0.25, 0.3) is 5.91 Å². The summed E-state index contributed by atoms with van der Waals surface area (Å²) in [6.45, 7) is 1.71. The van der Waals surface area contributed by atoms with Gasteiger partial charge >= 0.3 is 5.97 Å². The molecule has 0 fully saturated rings. The van der Waals surface area contributed by atoms with Crippen LogP contribution in [0.25, 0.3) is 10.9 Å². The monoisotopic (exact) mass is 376 g/mol. The third-order valence-electron chi connectivity index (χ3n) is 4.11. The van der Waals surface area contributed by atoms with Crippen molar-refractivity contribution < 1.29 is 18.8 Å². The van der Waals surface area contributed by atoms with Crippen molar-refractivity contribution in [2.24, 2.45) is 0 Å². The minimum Gasteiger partial charge on any atom is -0.442 e. The van der Waals surface area contributed by atoms with Crippen LogP contribution in [0.4, 0.5) is 5.82 Å². The van der Waals surface area contributed by atoms with Crippen LogP contribution < -0.4 is 5.32 Å². The summed E-state index contributed by atoms with van der Waals surface area (Å²) in [6.07, 6.45) is -1.18. The van der Waals surface area contributed by atoms with Crippen LogP contribution in [0.1, 0.15) is 27.9 Å². The number of aromatic nitrogens is 3. The highest BCUT2D eigenvalue weighted by Crippen LogP contribution is 2.23. The molecule has 0 saturated heterocycles. The van der Waals surface area contributed by atoms with Crippen molar-refractivity contribution in [3.8, 4) is 0 Å². The van der Waals surface area contributed by atoms with Gasteiger partial charge in [0.05, 0.1) is 5.52 Å². The number of esters is 1. The van der Waals surface area contributed by atoms with Crippen LogP contribution in [0, 0.1) is 6.92 Å². The molecular formula is C20H16N4O4. The molecule has 2 aromatic carbocycles. The minimum absolute atomic E-state index is 0.113. The first kappa shape index (κ1) is 17.5. The lowest BCUT2D eigenvalue weighted by atomic mass is 10.1. The quantitative estimate of drug-likeness (QED) is 0.517. The largest absolute Gasteiger partial charge is 0.442 e. The fourth-order valence-corrected chi connectivity index (χ4v) is 2.80. The van der Waals surface area contributed by atoms with Gasteiger partial charge in [0, 0.05) is 17.0 Å². The maximum atomic E-state index is 12.8. The van der Waals surface area contributed by atoms with Crippen molar-refractivity contribution in [1.82, 2.24) is 15.4 Å². The van der Waals surface area contributed by atoms with Gasteiger partial charge in [-0.15, -0.1) is 0 Å². The number of hydrogen-bond donors (Lipinski definition) is 2. The number of ether oxygens (including phenoxy) is 1. The van der Waals surface area contributed by atoms with Gasteiger partial charge in [-0.1, -0.05) is 53.7 Å². The molecule has 1 unspecified atom stereocenters. The second-order valence-corrected chi connectivity index (χ2v) is 6.13. The molecule has 28 heavy (non-hydrogen) atoms. The number of para-hydroxylation sites is 1. The molecule has 8 nitrogen and oxygen atoms in total. The number of anilines is 1. The van der Waals surface area contributed by atoms with E-state index in [2.05, 4.69) is 20.7 Å². The number of carbonyl (C=O) groups excluding carboxylic acids is 2. The zero-order valence-corrected chi connectivity index (χ0v) is 14.9. The fourth-order valence-electron chi connectivity index (χ4n) is 2.80. The van der Waals surface area contributed by atoms with Crippen LogP contribution in [0.2, 0.25) is 0 Å². The maximum absolute atomic E-state index is 12.8. The molecule has 0 saturated carbocycles. The van der Waals surface area contributed by atoms with Gasteiger partial charge in [0.2, 0.25) is 6.10 Å². The second kappa shape index (κ2) is 7.36. The Kier molecular flexibility index (Phi) is 4.59. The SMILES string of the molecule is Cc1cc(NC(=O)C(OC(=O)c2n[nH]c3ccccc23)c2ccccc2)no1. The predicted molar refractivity (Wildman–Crippen MR) is 101 cm³/mol. The van der Waals surface area contributed by atoms with Gasteiger partial charge < -0.3 is 14.6 Å². The Hall–Kier alpha value is -3.94. The third kappa shape index (κ3) is 3.48. The maximum Gasteiger partial charge on any atom is 0.360 e. The molecular weight excluding hydrogens is 360 g/mol. The molecule has 2 N–H and O–H groups in total. The molecule has 0 radical (unpaired) electrons. The van der Waals surface area contributed by atoms with Gasteiger partial charge in [-0.25, -0.2) is 4.79 Å². The van der Waals surface area contributed by atoms with Gasteiger partial charge in [0.15, 0.2) is 11.5 Å². The standard InChI is InChI=1S/C20H16N4O4/c1-12-11-16(24-28-12)21-19(25)18(13-7-3-2-4-8-13)27-20(26)17-14-9-5-6-10-15(14)22-23-17/h2-11,18H,1H3,(H,22,23)(H,21,24,25). The lowest BCUT2D eigenvalue weighted by Crippen LogP contribution is -2.26. The Morgan fingerprint density at radius 3 is 2.61 bits per heavy atom. The first-order valence-electron chi connectivity index (χ1n) is 8.55. The topological polar surface area (TPSA) is 110 Å². The number of fused-ring (bicyclic) bond motifs is 1. The van der Waals surface area contributed by atoms with E-state index >= 15 is 0 Å². The number of aryl methyl sites for hydroxylation is 1. The van der Waals surface area contributed by atoms with Gasteiger partial charge in [-0.05, 0) is 13.0 Å². The number of carbonyl (C=O) groups is 2. The fraction of sp³-hybridized carbons (Fsp3) is 0.100. The second-order valence-electron chi connectivity index (χ2n) is 6.13. The van der Waals surface area contributed by atoms with E-state index in [1.54, 1.807) is 55.5 Å². The first-order chi connectivity index (χ1) is 13.6. The molecule has 1 amide bonds. The van der Waals surface area contributed by atoms with Crippen LogP contribution in [0.3, 0.4) is 0 Å². The summed E-state index contributed by atoms with van der Waals surface area (Å²) >= 11 is 0. The molecule has 0 aliphatic carbocycles. The number of hydrogen-bond acceptors (Lipinski definition) is 6. The summed E-state index contributed by atoms with van der Waals surface area (Å²) in [5.41, 5.74) is 1.34. The molecule has 140 valence electrons. The highest BCUT2D eigenvalue weighted by molar-refractivity contribution is 6.03. The number of nitrogens with zero attached hydrogens (tertiary/aromatic N) is 2. The van der Waals surface area contributed by atoms with E-state index in [0.717, 1.165) is 0 Å². The zero-order chi connectivity index (χ0) is 19.5. The van der Waals surface area contributed by atoms with Crippen LogP contribution in [0.15, 0.2) is 65.2 Å². The highest BCUT2D eigenvalue weighted by Gasteiger charge is 2.28. The van der Waals surface area contributed by atoms with Gasteiger partial charge in [0.1, 0.15) is 5.76 Å². The summed E-state index contributed by atoms with van der Waals surface area (Å²) < 4.78 is 10.5. The van der Waals surface area contributed by atoms with Crippen molar-refractivity contribution in [1.29, 1.82) is 0 Å². The Labute approximate surface area is 159 Å². The Morgan fingerprint density at radius 1 is 1.11 bits per heavy atom. The van der Waals surface area contributed by atoms with Crippen LogP contribution in [-0.4, -0.2) is 27.2 Å². The van der Waals surface area contributed by atoms with E-state index in [4.69, 9.17) is 9.26 Å². The average molecular weight is 376 g/mol. The van der Waals surface area contributed by atoms with E-state index in [1.165, 1.54) is 0 Å². The first-order valence-corrected chi connectivity index (χ1v) is 8.55. The van der Waals surface area contributed by atoms with Gasteiger partial charge in [-0.3, -0.25) is 9.89 Å².